The molecule has 8 aliphatic rings. The van der Waals surface area contributed by atoms with E-state index in [1.54, 1.807) is 6.08 Å². The molecule has 52 heavy (non-hydrogen) atoms. The second kappa shape index (κ2) is 11.6. The van der Waals surface area contributed by atoms with E-state index < -0.39 is 81.2 Å². The van der Waals surface area contributed by atoms with Gasteiger partial charge in [-0.15, -0.1) is 0 Å². The summed E-state index contributed by atoms with van der Waals surface area (Å²) in [6.07, 6.45) is 5.99. The largest absolute Gasteiger partial charge is 0.393 e. The smallest absolute Gasteiger partial charge is 0.190 e. The lowest BCUT2D eigenvalue weighted by Crippen LogP contribution is -2.74. The van der Waals surface area contributed by atoms with Crippen molar-refractivity contribution in [1.82, 2.24) is 0 Å². The van der Waals surface area contributed by atoms with Gasteiger partial charge in [0.1, 0.15) is 30.2 Å². The molecule has 16 atom stereocenters. The van der Waals surface area contributed by atoms with Crippen LogP contribution in [0.4, 0.5) is 0 Å². The highest BCUT2D eigenvalue weighted by Crippen LogP contribution is 2.80. The average Bonchev–Trinajstić information content (AvgIpc) is 3.52. The number of ketones is 4. The predicted octanol–water partition coefficient (Wildman–Crippen LogP) is 3.25. The Balaban J connectivity index is 1.31. The molecule has 0 aromatic carbocycles. The van der Waals surface area contributed by atoms with Crippen molar-refractivity contribution in [2.75, 3.05) is 13.2 Å². The zero-order valence-electron chi connectivity index (χ0n) is 31.4. The fraction of sp³-hybridized carbons (Fsp3) is 0.857. The van der Waals surface area contributed by atoms with Gasteiger partial charge in [0.2, 0.25) is 0 Å². The second-order valence-electron chi connectivity index (χ2n) is 19.9. The highest BCUT2D eigenvalue weighted by Gasteiger charge is 2.79. The summed E-state index contributed by atoms with van der Waals surface area (Å²) in [5, 5.41) is 69.6. The van der Waals surface area contributed by atoms with Crippen LogP contribution in [0.3, 0.4) is 0 Å². The number of hydrogen-bond donors (Lipinski definition) is 6. The van der Waals surface area contributed by atoms with E-state index in [1.807, 2.05) is 13.8 Å². The third kappa shape index (κ3) is 4.13. The van der Waals surface area contributed by atoms with Crippen LogP contribution >= 0.6 is 0 Å². The summed E-state index contributed by atoms with van der Waals surface area (Å²) in [4.78, 5) is 53.7. The number of aliphatic hydroxyl groups excluding tert-OH is 4. The Labute approximate surface area is 306 Å². The van der Waals surface area contributed by atoms with E-state index in [4.69, 9.17) is 0 Å². The van der Waals surface area contributed by atoms with Gasteiger partial charge in [0, 0.05) is 35.5 Å². The molecule has 8 aliphatic carbocycles. The third-order valence-corrected chi connectivity index (χ3v) is 19.0. The number of rotatable bonds is 5. The van der Waals surface area contributed by atoms with E-state index in [0.29, 0.717) is 51.4 Å². The normalized spacial score (nSPS) is 55.3. The molecule has 0 aromatic heterocycles. The van der Waals surface area contributed by atoms with Crippen molar-refractivity contribution in [3.63, 3.8) is 0 Å². The molecule has 6 N–H and O–H groups in total. The van der Waals surface area contributed by atoms with Crippen LogP contribution in [-0.2, 0) is 19.2 Å². The molecule has 0 amide bonds. The van der Waals surface area contributed by atoms with Crippen molar-refractivity contribution in [2.45, 2.75) is 141 Å². The Morgan fingerprint density at radius 3 is 1.98 bits per heavy atom. The fourth-order valence-corrected chi connectivity index (χ4v) is 16.7. The SMILES string of the molecule is C[C@]12CCC(=O)CC1CC[C@H]1[C@@H]3CC[C@](O)(C(=O)CO)[C@@]3(C)C[C@H](O)[C@@]12C1CC(=O)C=C2CC[C@@H]3[C@H]([C@@H](O)C[C@@]4(C)[C@H]3CC[C@]4(O)C(=O)CO)[C@]21C. The standard InChI is InChI=1S/C42H60O10/c1-36-12-9-24(45)15-22(36)6-8-29-28-11-14-41(52,34(50)21-44)38(28,3)19-32(48)42(29,36)31-17-25(46)16-23-5-7-26-27-10-13-40(51,33(49)20-43)37(27,2)18-30(47)35(26)39(23,31)4/h16,22,26-32,35,43-44,47-48,51-52H,5-15,17-21H2,1-4H3/t22?,26-,27-,28-,29-,30-,31?,32-,35+,36-,37-,38-,39+,40-,41-,42-/m0/s1. The minimum absolute atomic E-state index is 0.000462. The first-order chi connectivity index (χ1) is 24.3. The van der Waals surface area contributed by atoms with Gasteiger partial charge in [-0.3, -0.25) is 19.2 Å². The van der Waals surface area contributed by atoms with E-state index in [0.717, 1.165) is 12.0 Å². The molecule has 288 valence electrons. The predicted molar refractivity (Wildman–Crippen MR) is 188 cm³/mol. The van der Waals surface area contributed by atoms with E-state index >= 15 is 0 Å². The monoisotopic (exact) mass is 724 g/mol. The van der Waals surface area contributed by atoms with Crippen LogP contribution in [0, 0.1) is 68.5 Å². The molecule has 0 bridgehead atoms. The summed E-state index contributed by atoms with van der Waals surface area (Å²) in [7, 11) is 0. The highest BCUT2D eigenvalue weighted by atomic mass is 16.3. The van der Waals surface area contributed by atoms with Crippen LogP contribution in [0.25, 0.3) is 0 Å². The summed E-state index contributed by atoms with van der Waals surface area (Å²) in [5.74, 6) is -2.28. The summed E-state index contributed by atoms with van der Waals surface area (Å²) >= 11 is 0. The molecule has 2 unspecified atom stereocenters. The summed E-state index contributed by atoms with van der Waals surface area (Å²) < 4.78 is 0. The number of hydrogen-bond acceptors (Lipinski definition) is 10. The first kappa shape index (κ1) is 37.1. The Hall–Kier alpha value is -1.82. The van der Waals surface area contributed by atoms with Gasteiger partial charge < -0.3 is 30.6 Å². The lowest BCUT2D eigenvalue weighted by molar-refractivity contribution is -0.294. The van der Waals surface area contributed by atoms with Crippen molar-refractivity contribution >= 4 is 23.1 Å². The van der Waals surface area contributed by atoms with Gasteiger partial charge in [-0.25, -0.2) is 0 Å². The second-order valence-corrected chi connectivity index (χ2v) is 19.9. The molecule has 0 spiro atoms. The maximum atomic E-state index is 14.1. The van der Waals surface area contributed by atoms with Crippen molar-refractivity contribution in [2.24, 2.45) is 68.5 Å². The average molecular weight is 725 g/mol. The Kier molecular flexibility index (Phi) is 8.28. The Morgan fingerprint density at radius 1 is 0.731 bits per heavy atom. The molecule has 8 rings (SSSR count). The van der Waals surface area contributed by atoms with Crippen LogP contribution in [-0.4, -0.2) is 90.4 Å². The topological polar surface area (TPSA) is 190 Å². The number of allylic oxidation sites excluding steroid dienone is 1. The van der Waals surface area contributed by atoms with Crippen LogP contribution in [0.2, 0.25) is 0 Å². The van der Waals surface area contributed by atoms with Crippen molar-refractivity contribution in [1.29, 1.82) is 0 Å². The minimum Gasteiger partial charge on any atom is -0.393 e. The van der Waals surface area contributed by atoms with Crippen molar-refractivity contribution in [3.05, 3.63) is 11.6 Å². The molecule has 10 heteroatoms. The van der Waals surface area contributed by atoms with Gasteiger partial charge in [0.15, 0.2) is 17.3 Å². The summed E-state index contributed by atoms with van der Waals surface area (Å²) in [5.41, 5.74) is -6.65. The molecule has 7 saturated carbocycles. The van der Waals surface area contributed by atoms with Gasteiger partial charge in [0.25, 0.3) is 0 Å². The number of fused-ring (bicyclic) bond motifs is 10. The van der Waals surface area contributed by atoms with E-state index in [-0.39, 0.29) is 79.2 Å². The molecular weight excluding hydrogens is 664 g/mol. The third-order valence-electron chi connectivity index (χ3n) is 19.0. The molecule has 0 saturated heterocycles. The van der Waals surface area contributed by atoms with Crippen LogP contribution in [0.15, 0.2) is 11.6 Å². The lowest BCUT2D eigenvalue weighted by atomic mass is 9.29. The van der Waals surface area contributed by atoms with Gasteiger partial charge in [-0.2, -0.15) is 0 Å². The molecule has 0 radical (unpaired) electrons. The van der Waals surface area contributed by atoms with Gasteiger partial charge in [0.05, 0.1) is 12.2 Å². The quantitative estimate of drug-likeness (QED) is 0.246. The molecule has 7 fully saturated rings. The minimum atomic E-state index is -1.79. The Bertz CT molecular complexity index is 1620. The molecular formula is C42H60O10. The maximum Gasteiger partial charge on any atom is 0.190 e. The molecule has 0 aliphatic heterocycles. The van der Waals surface area contributed by atoms with E-state index in [2.05, 4.69) is 13.8 Å². The summed E-state index contributed by atoms with van der Waals surface area (Å²) in [6, 6.07) is 0. The first-order valence-electron chi connectivity index (χ1n) is 20.2. The first-order valence-corrected chi connectivity index (χ1v) is 20.2. The van der Waals surface area contributed by atoms with Crippen LogP contribution in [0.5, 0.6) is 0 Å². The number of Topliss-reactive ketones (excluding diaryl/α,β-unsaturated/α-hetero) is 3. The fourth-order valence-electron chi connectivity index (χ4n) is 16.7. The zero-order chi connectivity index (χ0) is 37.6. The van der Waals surface area contributed by atoms with Crippen LogP contribution < -0.4 is 0 Å². The maximum absolute atomic E-state index is 14.1. The molecule has 10 nitrogen and oxygen atoms in total. The van der Waals surface area contributed by atoms with Gasteiger partial charge >= 0.3 is 0 Å². The number of carbonyl (C=O) groups is 4. The molecule has 0 heterocycles. The highest BCUT2D eigenvalue weighted by molar-refractivity contribution is 5.92. The van der Waals surface area contributed by atoms with Crippen molar-refractivity contribution in [3.8, 4) is 0 Å². The molecule has 0 aromatic rings. The zero-order valence-corrected chi connectivity index (χ0v) is 31.4. The van der Waals surface area contributed by atoms with E-state index in [9.17, 15) is 49.8 Å². The number of aliphatic hydroxyl groups is 6. The van der Waals surface area contributed by atoms with Gasteiger partial charge in [-0.1, -0.05) is 33.3 Å². The lowest BCUT2D eigenvalue weighted by Gasteiger charge is -2.75. The van der Waals surface area contributed by atoms with E-state index in [1.165, 1.54) is 0 Å². The summed E-state index contributed by atoms with van der Waals surface area (Å²) in [6.45, 7) is 6.69. The Morgan fingerprint density at radius 2 is 1.35 bits per heavy atom. The van der Waals surface area contributed by atoms with Crippen molar-refractivity contribution < 1.29 is 49.8 Å². The van der Waals surface area contributed by atoms with Gasteiger partial charge in [-0.05, 0) is 129 Å². The van der Waals surface area contributed by atoms with Crippen LogP contribution in [0.1, 0.15) is 118 Å². The number of carbonyl (C=O) groups excluding carboxylic acids is 4.